The van der Waals surface area contributed by atoms with Crippen molar-refractivity contribution in [3.63, 3.8) is 0 Å². The van der Waals surface area contributed by atoms with Crippen LogP contribution < -0.4 is 5.32 Å². The summed E-state index contributed by atoms with van der Waals surface area (Å²) in [5.74, 6) is 0.212. The van der Waals surface area contributed by atoms with Crippen LogP contribution in [0.15, 0.2) is 24.3 Å². The van der Waals surface area contributed by atoms with Gasteiger partial charge in [0.1, 0.15) is 0 Å². The zero-order valence-corrected chi connectivity index (χ0v) is 10.4. The van der Waals surface area contributed by atoms with Crippen LogP contribution in [0.4, 0.5) is 0 Å². The lowest BCUT2D eigenvalue weighted by Gasteiger charge is -2.21. The molecule has 0 aromatic heterocycles. The Bertz CT molecular complexity index is 390. The van der Waals surface area contributed by atoms with E-state index in [1.165, 1.54) is 11.1 Å². The summed E-state index contributed by atoms with van der Waals surface area (Å²) in [7, 11) is 0. The van der Waals surface area contributed by atoms with Crippen LogP contribution in [0.3, 0.4) is 0 Å². The molecule has 1 aliphatic heterocycles. The summed E-state index contributed by atoms with van der Waals surface area (Å²) in [4.78, 5) is 13.9. The number of rotatable bonds is 3. The fraction of sp³-hybridized carbons (Fsp3) is 0.500. The Morgan fingerprint density at radius 1 is 1.35 bits per heavy atom. The number of fused-ring (bicyclic) bond motifs is 1. The maximum Gasteiger partial charge on any atom is 0.236 e. The molecule has 1 aromatic carbocycles. The molecule has 1 N–H and O–H groups in total. The van der Waals surface area contributed by atoms with Crippen LogP contribution in [0.25, 0.3) is 0 Å². The van der Waals surface area contributed by atoms with Crippen LogP contribution in [-0.2, 0) is 17.8 Å². The molecule has 0 saturated heterocycles. The lowest BCUT2D eigenvalue weighted by molar-refractivity contribution is -0.130. The van der Waals surface area contributed by atoms with Crippen LogP contribution in [0, 0.1) is 0 Å². The third-order valence-corrected chi connectivity index (χ3v) is 3.23. The Hall–Kier alpha value is -1.35. The number of aryl methyl sites for hydroxylation is 1. The van der Waals surface area contributed by atoms with Gasteiger partial charge in [0.2, 0.25) is 5.91 Å². The lowest BCUT2D eigenvalue weighted by Crippen LogP contribution is -2.37. The number of likely N-dealkylation sites (N-methyl/N-ethyl adjacent to an activating group) is 1. The SMILES string of the molecule is CCNCC(=O)N1CCCc2ccccc2C1. The summed E-state index contributed by atoms with van der Waals surface area (Å²) in [5, 5.41) is 3.10. The van der Waals surface area contributed by atoms with E-state index in [1.54, 1.807) is 0 Å². The zero-order chi connectivity index (χ0) is 12.1. The first kappa shape index (κ1) is 12.1. The molecule has 2 rings (SSSR count). The molecule has 0 fully saturated rings. The van der Waals surface area contributed by atoms with E-state index in [1.807, 2.05) is 11.8 Å². The molecule has 0 spiro atoms. The molecule has 0 radical (unpaired) electrons. The highest BCUT2D eigenvalue weighted by Gasteiger charge is 2.17. The summed E-state index contributed by atoms with van der Waals surface area (Å²) >= 11 is 0. The van der Waals surface area contributed by atoms with Gasteiger partial charge in [0.15, 0.2) is 0 Å². The number of hydrogen-bond donors (Lipinski definition) is 1. The first-order chi connectivity index (χ1) is 8.31. The molecule has 17 heavy (non-hydrogen) atoms. The second kappa shape index (κ2) is 5.82. The van der Waals surface area contributed by atoms with Crippen LogP contribution in [-0.4, -0.2) is 30.4 Å². The van der Waals surface area contributed by atoms with E-state index in [0.717, 1.165) is 32.5 Å². The summed E-state index contributed by atoms with van der Waals surface area (Å²) in [6, 6.07) is 8.44. The number of carbonyl (C=O) groups is 1. The van der Waals surface area contributed by atoms with Gasteiger partial charge in [0, 0.05) is 13.1 Å². The molecular formula is C14H20N2O. The molecule has 92 valence electrons. The Morgan fingerprint density at radius 3 is 2.88 bits per heavy atom. The summed E-state index contributed by atoms with van der Waals surface area (Å²) in [6.45, 7) is 4.96. The van der Waals surface area contributed by atoms with Gasteiger partial charge in [-0.3, -0.25) is 4.79 Å². The average Bonchev–Trinajstić information content (AvgIpc) is 2.58. The number of benzene rings is 1. The zero-order valence-electron chi connectivity index (χ0n) is 10.4. The quantitative estimate of drug-likeness (QED) is 0.858. The van der Waals surface area contributed by atoms with Gasteiger partial charge in [0.05, 0.1) is 6.54 Å². The van der Waals surface area contributed by atoms with Gasteiger partial charge in [0.25, 0.3) is 0 Å². The van der Waals surface area contributed by atoms with Crippen LogP contribution in [0.5, 0.6) is 0 Å². The number of amides is 1. The molecule has 1 aromatic rings. The van der Waals surface area contributed by atoms with Crippen LogP contribution in [0.2, 0.25) is 0 Å². The monoisotopic (exact) mass is 232 g/mol. The van der Waals surface area contributed by atoms with Gasteiger partial charge in [-0.25, -0.2) is 0 Å². The number of carbonyl (C=O) groups excluding carboxylic acids is 1. The third kappa shape index (κ3) is 3.07. The second-order valence-corrected chi connectivity index (χ2v) is 4.47. The van der Waals surface area contributed by atoms with E-state index >= 15 is 0 Å². The van der Waals surface area contributed by atoms with Crippen LogP contribution >= 0.6 is 0 Å². The Labute approximate surface area is 103 Å². The van der Waals surface area contributed by atoms with Crippen molar-refractivity contribution < 1.29 is 4.79 Å². The van der Waals surface area contributed by atoms with Gasteiger partial charge in [-0.2, -0.15) is 0 Å². The molecule has 0 aliphatic carbocycles. The fourth-order valence-corrected chi connectivity index (χ4v) is 2.26. The van der Waals surface area contributed by atoms with Crippen molar-refractivity contribution in [2.75, 3.05) is 19.6 Å². The van der Waals surface area contributed by atoms with E-state index in [4.69, 9.17) is 0 Å². The third-order valence-electron chi connectivity index (χ3n) is 3.23. The van der Waals surface area contributed by atoms with Crippen molar-refractivity contribution in [2.45, 2.75) is 26.3 Å². The molecule has 0 bridgehead atoms. The smallest absolute Gasteiger partial charge is 0.236 e. The summed E-state index contributed by atoms with van der Waals surface area (Å²) < 4.78 is 0. The molecule has 3 nitrogen and oxygen atoms in total. The van der Waals surface area contributed by atoms with Crippen molar-refractivity contribution in [3.8, 4) is 0 Å². The number of nitrogens with one attached hydrogen (secondary N) is 1. The second-order valence-electron chi connectivity index (χ2n) is 4.47. The van der Waals surface area contributed by atoms with E-state index in [0.29, 0.717) is 6.54 Å². The number of nitrogens with zero attached hydrogens (tertiary/aromatic N) is 1. The highest BCUT2D eigenvalue weighted by Crippen LogP contribution is 2.18. The predicted octanol–water partition coefficient (Wildman–Crippen LogP) is 1.57. The molecule has 1 aliphatic rings. The predicted molar refractivity (Wildman–Crippen MR) is 68.7 cm³/mol. The topological polar surface area (TPSA) is 32.3 Å². The average molecular weight is 232 g/mol. The van der Waals surface area contributed by atoms with E-state index in [9.17, 15) is 4.79 Å². The highest BCUT2D eigenvalue weighted by atomic mass is 16.2. The van der Waals surface area contributed by atoms with Gasteiger partial charge in [-0.1, -0.05) is 31.2 Å². The number of hydrogen-bond acceptors (Lipinski definition) is 2. The maximum absolute atomic E-state index is 12.0. The molecule has 3 heteroatoms. The molecule has 0 unspecified atom stereocenters. The van der Waals surface area contributed by atoms with Crippen molar-refractivity contribution in [2.24, 2.45) is 0 Å². The minimum atomic E-state index is 0.212. The van der Waals surface area contributed by atoms with Crippen molar-refractivity contribution >= 4 is 5.91 Å². The van der Waals surface area contributed by atoms with Gasteiger partial charge in [-0.05, 0) is 30.5 Å². The molecule has 1 heterocycles. The van der Waals surface area contributed by atoms with E-state index in [2.05, 4.69) is 29.6 Å². The summed E-state index contributed by atoms with van der Waals surface area (Å²) in [6.07, 6.45) is 2.15. The minimum Gasteiger partial charge on any atom is -0.337 e. The highest BCUT2D eigenvalue weighted by molar-refractivity contribution is 5.78. The maximum atomic E-state index is 12.0. The molecule has 0 atom stereocenters. The Morgan fingerprint density at radius 2 is 2.12 bits per heavy atom. The van der Waals surface area contributed by atoms with E-state index < -0.39 is 0 Å². The van der Waals surface area contributed by atoms with Crippen molar-refractivity contribution in [1.82, 2.24) is 10.2 Å². The first-order valence-corrected chi connectivity index (χ1v) is 6.36. The normalized spacial score (nSPS) is 15.2. The molecular weight excluding hydrogens is 212 g/mol. The van der Waals surface area contributed by atoms with E-state index in [-0.39, 0.29) is 5.91 Å². The fourth-order valence-electron chi connectivity index (χ4n) is 2.26. The van der Waals surface area contributed by atoms with Crippen molar-refractivity contribution in [1.29, 1.82) is 0 Å². The standard InChI is InChI=1S/C14H20N2O/c1-2-15-10-14(17)16-9-5-8-12-6-3-4-7-13(12)11-16/h3-4,6-7,15H,2,5,8-11H2,1H3. The van der Waals surface area contributed by atoms with Gasteiger partial charge >= 0.3 is 0 Å². The minimum absolute atomic E-state index is 0.212. The first-order valence-electron chi connectivity index (χ1n) is 6.36. The summed E-state index contributed by atoms with van der Waals surface area (Å²) in [5.41, 5.74) is 2.70. The molecule has 0 saturated carbocycles. The van der Waals surface area contributed by atoms with Gasteiger partial charge in [-0.15, -0.1) is 0 Å². The van der Waals surface area contributed by atoms with Crippen molar-refractivity contribution in [3.05, 3.63) is 35.4 Å². The Kier molecular flexibility index (Phi) is 4.15. The lowest BCUT2D eigenvalue weighted by atomic mass is 10.0. The largest absolute Gasteiger partial charge is 0.337 e. The Balaban J connectivity index is 2.05. The van der Waals surface area contributed by atoms with Crippen LogP contribution in [0.1, 0.15) is 24.5 Å². The van der Waals surface area contributed by atoms with Gasteiger partial charge < -0.3 is 10.2 Å². The molecule has 1 amide bonds.